The summed E-state index contributed by atoms with van der Waals surface area (Å²) in [5, 5.41) is 0.220. The fraction of sp³-hybridized carbons (Fsp3) is 0.286. The lowest BCUT2D eigenvalue weighted by molar-refractivity contribution is 0.0593. The SMILES string of the molecule is COC(=O)c1cnc(C)c(Cl)n1. The van der Waals surface area contributed by atoms with E-state index in [1.54, 1.807) is 6.92 Å². The van der Waals surface area contributed by atoms with E-state index in [1.807, 2.05) is 0 Å². The molecule has 0 aliphatic heterocycles. The van der Waals surface area contributed by atoms with Gasteiger partial charge in [-0.15, -0.1) is 0 Å². The summed E-state index contributed by atoms with van der Waals surface area (Å²) in [6.07, 6.45) is 1.33. The van der Waals surface area contributed by atoms with E-state index in [4.69, 9.17) is 11.6 Å². The molecule has 0 unspecified atom stereocenters. The fourth-order valence-corrected chi connectivity index (χ4v) is 0.770. The summed E-state index contributed by atoms with van der Waals surface area (Å²) < 4.78 is 4.43. The largest absolute Gasteiger partial charge is 0.464 e. The van der Waals surface area contributed by atoms with Crippen LogP contribution in [0.4, 0.5) is 0 Å². The predicted molar refractivity (Wildman–Crippen MR) is 43.1 cm³/mol. The first kappa shape index (κ1) is 8.93. The van der Waals surface area contributed by atoms with Gasteiger partial charge in [-0.25, -0.2) is 9.78 Å². The van der Waals surface area contributed by atoms with Gasteiger partial charge in [-0.05, 0) is 6.92 Å². The number of ether oxygens (including phenoxy) is 1. The van der Waals surface area contributed by atoms with E-state index in [1.165, 1.54) is 13.3 Å². The average Bonchev–Trinajstić information content (AvgIpc) is 2.08. The highest BCUT2D eigenvalue weighted by atomic mass is 35.5. The zero-order chi connectivity index (χ0) is 9.14. The van der Waals surface area contributed by atoms with Gasteiger partial charge in [0.1, 0.15) is 0 Å². The Morgan fingerprint density at radius 3 is 2.83 bits per heavy atom. The lowest BCUT2D eigenvalue weighted by Crippen LogP contribution is -2.05. The monoisotopic (exact) mass is 186 g/mol. The van der Waals surface area contributed by atoms with E-state index < -0.39 is 5.97 Å². The minimum absolute atomic E-state index is 0.119. The van der Waals surface area contributed by atoms with Gasteiger partial charge in [0.25, 0.3) is 0 Å². The molecule has 1 heterocycles. The van der Waals surface area contributed by atoms with E-state index in [0.29, 0.717) is 5.69 Å². The molecule has 0 aliphatic carbocycles. The van der Waals surface area contributed by atoms with Crippen molar-refractivity contribution in [3.8, 4) is 0 Å². The lowest BCUT2D eigenvalue weighted by atomic mass is 10.4. The lowest BCUT2D eigenvalue weighted by Gasteiger charge is -1.99. The molecule has 12 heavy (non-hydrogen) atoms. The van der Waals surface area contributed by atoms with Crippen molar-refractivity contribution < 1.29 is 9.53 Å². The molecular formula is C7H7ClN2O2. The van der Waals surface area contributed by atoms with Crippen LogP contribution in [-0.4, -0.2) is 23.0 Å². The van der Waals surface area contributed by atoms with Crippen LogP contribution in [0.2, 0.25) is 5.15 Å². The molecule has 0 aromatic carbocycles. The number of halogens is 1. The van der Waals surface area contributed by atoms with Gasteiger partial charge < -0.3 is 4.74 Å². The Labute approximate surface area is 74.5 Å². The van der Waals surface area contributed by atoms with Crippen molar-refractivity contribution in [2.45, 2.75) is 6.92 Å². The van der Waals surface area contributed by atoms with Gasteiger partial charge in [0.2, 0.25) is 0 Å². The highest BCUT2D eigenvalue weighted by molar-refractivity contribution is 6.30. The molecule has 1 rings (SSSR count). The smallest absolute Gasteiger partial charge is 0.358 e. The maximum absolute atomic E-state index is 10.9. The van der Waals surface area contributed by atoms with E-state index in [2.05, 4.69) is 14.7 Å². The second-order valence-electron chi connectivity index (χ2n) is 2.12. The number of carbonyl (C=O) groups excluding carboxylic acids is 1. The number of hydrogen-bond donors (Lipinski definition) is 0. The molecule has 0 atom stereocenters. The maximum atomic E-state index is 10.9. The highest BCUT2D eigenvalue weighted by Gasteiger charge is 2.09. The molecule has 64 valence electrons. The first-order valence-electron chi connectivity index (χ1n) is 3.22. The Kier molecular flexibility index (Phi) is 2.60. The number of aromatic nitrogens is 2. The normalized spacial score (nSPS) is 9.58. The van der Waals surface area contributed by atoms with Crippen LogP contribution in [0.15, 0.2) is 6.20 Å². The van der Waals surface area contributed by atoms with Crippen LogP contribution < -0.4 is 0 Å². The molecule has 5 heteroatoms. The van der Waals surface area contributed by atoms with Crippen LogP contribution in [0, 0.1) is 6.92 Å². The van der Waals surface area contributed by atoms with E-state index >= 15 is 0 Å². The van der Waals surface area contributed by atoms with Gasteiger partial charge in [0.15, 0.2) is 10.8 Å². The number of rotatable bonds is 1. The van der Waals surface area contributed by atoms with Crippen molar-refractivity contribution in [3.63, 3.8) is 0 Å². The van der Waals surface area contributed by atoms with E-state index in [9.17, 15) is 4.79 Å². The van der Waals surface area contributed by atoms with Crippen LogP contribution >= 0.6 is 11.6 Å². The predicted octanol–water partition coefficient (Wildman–Crippen LogP) is 1.23. The number of carbonyl (C=O) groups is 1. The topological polar surface area (TPSA) is 52.1 Å². The van der Waals surface area contributed by atoms with Crippen LogP contribution in [0.1, 0.15) is 16.2 Å². The molecule has 0 N–H and O–H groups in total. The summed E-state index contributed by atoms with van der Waals surface area (Å²) in [6.45, 7) is 1.70. The third-order valence-corrected chi connectivity index (χ3v) is 1.65. The number of hydrogen-bond acceptors (Lipinski definition) is 4. The molecule has 0 aliphatic rings. The molecule has 0 amide bonds. The molecular weight excluding hydrogens is 180 g/mol. The van der Waals surface area contributed by atoms with Gasteiger partial charge in [0.05, 0.1) is 19.0 Å². The molecule has 0 radical (unpaired) electrons. The van der Waals surface area contributed by atoms with E-state index in [-0.39, 0.29) is 10.8 Å². The minimum Gasteiger partial charge on any atom is -0.464 e. The van der Waals surface area contributed by atoms with Crippen LogP contribution in [0.5, 0.6) is 0 Å². The van der Waals surface area contributed by atoms with Crippen molar-refractivity contribution in [2.75, 3.05) is 7.11 Å². The molecule has 0 bridgehead atoms. The van der Waals surface area contributed by atoms with Crippen LogP contribution in [0.3, 0.4) is 0 Å². The van der Waals surface area contributed by atoms with E-state index in [0.717, 1.165) is 0 Å². The summed E-state index contributed by atoms with van der Waals surface area (Å²) in [5.74, 6) is -0.538. The standard InChI is InChI=1S/C7H7ClN2O2/c1-4-6(8)10-5(3-9-4)7(11)12-2/h3H,1-2H3. The first-order valence-corrected chi connectivity index (χ1v) is 3.60. The number of methoxy groups -OCH3 is 1. The molecule has 1 aromatic rings. The van der Waals surface area contributed by atoms with Crippen LogP contribution in [0.25, 0.3) is 0 Å². The van der Waals surface area contributed by atoms with Crippen molar-refractivity contribution in [1.82, 2.24) is 9.97 Å². The summed E-state index contributed by atoms with van der Waals surface area (Å²) >= 11 is 5.63. The molecule has 0 saturated heterocycles. The van der Waals surface area contributed by atoms with Gasteiger partial charge in [-0.2, -0.15) is 0 Å². The van der Waals surface area contributed by atoms with Gasteiger partial charge in [-0.1, -0.05) is 11.6 Å². The molecule has 1 aromatic heterocycles. The zero-order valence-corrected chi connectivity index (χ0v) is 7.42. The molecule has 0 saturated carbocycles. The third-order valence-electron chi connectivity index (χ3n) is 1.29. The second-order valence-corrected chi connectivity index (χ2v) is 2.48. The number of esters is 1. The van der Waals surface area contributed by atoms with Crippen molar-refractivity contribution in [2.24, 2.45) is 0 Å². The first-order chi connectivity index (χ1) is 5.65. The Bertz CT molecular complexity index is 314. The summed E-state index contributed by atoms with van der Waals surface area (Å²) in [7, 11) is 1.28. The van der Waals surface area contributed by atoms with Gasteiger partial charge in [0, 0.05) is 0 Å². The summed E-state index contributed by atoms with van der Waals surface area (Å²) in [6, 6.07) is 0. The molecule has 0 fully saturated rings. The summed E-state index contributed by atoms with van der Waals surface area (Å²) in [5.41, 5.74) is 0.706. The maximum Gasteiger partial charge on any atom is 0.358 e. The van der Waals surface area contributed by atoms with Crippen molar-refractivity contribution in [3.05, 3.63) is 22.7 Å². The van der Waals surface area contributed by atoms with Crippen molar-refractivity contribution in [1.29, 1.82) is 0 Å². The fourth-order valence-electron chi connectivity index (χ4n) is 0.630. The Morgan fingerprint density at radius 2 is 2.33 bits per heavy atom. The average molecular weight is 187 g/mol. The van der Waals surface area contributed by atoms with Crippen LogP contribution in [-0.2, 0) is 4.74 Å². The Balaban J connectivity index is 3.05. The third kappa shape index (κ3) is 1.71. The Hall–Kier alpha value is -1.16. The van der Waals surface area contributed by atoms with Gasteiger partial charge in [-0.3, -0.25) is 4.98 Å². The van der Waals surface area contributed by atoms with Crippen molar-refractivity contribution >= 4 is 17.6 Å². The zero-order valence-electron chi connectivity index (χ0n) is 6.67. The summed E-state index contributed by atoms with van der Waals surface area (Å²) in [4.78, 5) is 18.5. The molecule has 0 spiro atoms. The van der Waals surface area contributed by atoms with Gasteiger partial charge >= 0.3 is 5.97 Å². The quantitative estimate of drug-likeness (QED) is 0.619. The minimum atomic E-state index is -0.538. The second kappa shape index (κ2) is 3.49. The highest BCUT2D eigenvalue weighted by Crippen LogP contribution is 2.09. The number of nitrogens with zero attached hydrogens (tertiary/aromatic N) is 2. The number of aryl methyl sites for hydroxylation is 1. The Morgan fingerprint density at radius 1 is 1.67 bits per heavy atom. The molecule has 4 nitrogen and oxygen atoms in total.